The van der Waals surface area contributed by atoms with Gasteiger partial charge in [0.2, 0.25) is 0 Å². The summed E-state index contributed by atoms with van der Waals surface area (Å²) in [6.07, 6.45) is 2.07. The van der Waals surface area contributed by atoms with E-state index in [1.54, 1.807) is 20.8 Å². The Morgan fingerprint density at radius 3 is 2.57 bits per heavy atom. The van der Waals surface area contributed by atoms with Gasteiger partial charge in [-0.3, -0.25) is 10.1 Å². The molecule has 1 aromatic carbocycles. The van der Waals surface area contributed by atoms with E-state index < -0.39 is 17.7 Å². The van der Waals surface area contributed by atoms with Crippen molar-refractivity contribution in [3.63, 3.8) is 0 Å². The third-order valence-electron chi connectivity index (χ3n) is 3.55. The number of carbonyl (C=O) groups is 2. The third kappa shape index (κ3) is 5.03. The minimum absolute atomic E-state index is 0.0529. The Kier molecular flexibility index (Phi) is 5.53. The van der Waals surface area contributed by atoms with Crippen LogP contribution in [0.15, 0.2) is 43.0 Å². The lowest BCUT2D eigenvalue weighted by molar-refractivity contribution is -0.155. The average molecular weight is 383 g/mol. The van der Waals surface area contributed by atoms with Crippen molar-refractivity contribution in [1.29, 1.82) is 0 Å². The Labute approximate surface area is 161 Å². The van der Waals surface area contributed by atoms with Gasteiger partial charge in [0.05, 0.1) is 6.33 Å². The molecule has 0 spiro atoms. The Bertz CT molecular complexity index is 979. The summed E-state index contributed by atoms with van der Waals surface area (Å²) in [5.74, 6) is -0.215. The van der Waals surface area contributed by atoms with Crippen LogP contribution in [0.4, 0.5) is 10.6 Å². The molecule has 9 nitrogen and oxygen atoms in total. The molecule has 0 aliphatic heterocycles. The van der Waals surface area contributed by atoms with Crippen LogP contribution >= 0.6 is 0 Å². The molecule has 1 amide bonds. The molecule has 146 valence electrons. The molecule has 0 aliphatic carbocycles. The van der Waals surface area contributed by atoms with Crippen molar-refractivity contribution < 1.29 is 19.1 Å². The second kappa shape index (κ2) is 8.03. The van der Waals surface area contributed by atoms with E-state index in [0.717, 1.165) is 5.56 Å². The first kappa shape index (κ1) is 19.3. The normalized spacial score (nSPS) is 11.2. The zero-order valence-corrected chi connectivity index (χ0v) is 15.9. The molecule has 2 heterocycles. The molecule has 0 radical (unpaired) electrons. The summed E-state index contributed by atoms with van der Waals surface area (Å²) in [6.45, 7) is 5.46. The highest BCUT2D eigenvalue weighted by Crippen LogP contribution is 2.18. The van der Waals surface area contributed by atoms with Crippen LogP contribution in [0.25, 0.3) is 11.2 Å². The number of benzene rings is 1. The topological polar surface area (TPSA) is 108 Å². The van der Waals surface area contributed by atoms with Gasteiger partial charge in [0, 0.05) is 0 Å². The maximum Gasteiger partial charge on any atom is 0.413 e. The van der Waals surface area contributed by atoms with Gasteiger partial charge in [-0.25, -0.2) is 19.7 Å². The molecule has 0 atom stereocenters. The molecule has 9 heteroatoms. The molecule has 0 bridgehead atoms. The quantitative estimate of drug-likeness (QED) is 0.675. The summed E-state index contributed by atoms with van der Waals surface area (Å²) in [5, 5.41) is 2.56. The molecule has 2 aromatic heterocycles. The third-order valence-corrected chi connectivity index (χ3v) is 3.55. The van der Waals surface area contributed by atoms with Crippen LogP contribution in [0.2, 0.25) is 0 Å². The largest absolute Gasteiger partial charge is 0.459 e. The first-order valence-corrected chi connectivity index (χ1v) is 8.67. The molecule has 0 saturated carbocycles. The SMILES string of the molecule is CC(C)(C)OC(=O)Cn1cnc2c(NC(=O)OCc3ccccc3)ncnc21. The summed E-state index contributed by atoms with van der Waals surface area (Å²) in [5.41, 5.74) is 1.03. The Morgan fingerprint density at radius 1 is 1.11 bits per heavy atom. The lowest BCUT2D eigenvalue weighted by Gasteiger charge is -2.19. The molecule has 0 aliphatic rings. The fourth-order valence-electron chi connectivity index (χ4n) is 2.46. The molecule has 0 fully saturated rings. The second-order valence-corrected chi connectivity index (χ2v) is 7.04. The Morgan fingerprint density at radius 2 is 1.86 bits per heavy atom. The molecule has 0 saturated heterocycles. The number of ether oxygens (including phenoxy) is 2. The predicted octanol–water partition coefficient (Wildman–Crippen LogP) is 2.92. The van der Waals surface area contributed by atoms with Gasteiger partial charge in [0.15, 0.2) is 17.0 Å². The fourth-order valence-corrected chi connectivity index (χ4v) is 2.46. The van der Waals surface area contributed by atoms with E-state index in [-0.39, 0.29) is 19.0 Å². The predicted molar refractivity (Wildman–Crippen MR) is 101 cm³/mol. The highest BCUT2D eigenvalue weighted by atomic mass is 16.6. The van der Waals surface area contributed by atoms with Crippen molar-refractivity contribution in [1.82, 2.24) is 19.5 Å². The maximum atomic E-state index is 12.1. The number of nitrogens with zero attached hydrogens (tertiary/aromatic N) is 4. The van der Waals surface area contributed by atoms with Crippen LogP contribution in [0.3, 0.4) is 0 Å². The van der Waals surface area contributed by atoms with E-state index in [9.17, 15) is 9.59 Å². The number of imidazole rings is 1. The van der Waals surface area contributed by atoms with Crippen LogP contribution < -0.4 is 5.32 Å². The standard InChI is InChI=1S/C19H21N5O4/c1-19(2,3)28-14(25)9-24-12-22-15-16(20-11-21-17(15)24)23-18(26)27-10-13-7-5-4-6-8-13/h4-8,11-12H,9-10H2,1-3H3,(H,20,21,23,26). The van der Waals surface area contributed by atoms with E-state index in [1.807, 2.05) is 30.3 Å². The van der Waals surface area contributed by atoms with Gasteiger partial charge in [-0.15, -0.1) is 0 Å². The second-order valence-electron chi connectivity index (χ2n) is 7.04. The highest BCUT2D eigenvalue weighted by Gasteiger charge is 2.19. The van der Waals surface area contributed by atoms with E-state index >= 15 is 0 Å². The molecular formula is C19H21N5O4. The van der Waals surface area contributed by atoms with Gasteiger partial charge in [-0.2, -0.15) is 0 Å². The average Bonchev–Trinajstić information content (AvgIpc) is 3.03. The number of nitrogens with one attached hydrogen (secondary N) is 1. The van der Waals surface area contributed by atoms with Crippen molar-refractivity contribution in [3.05, 3.63) is 48.5 Å². The molecule has 28 heavy (non-hydrogen) atoms. The molecular weight excluding hydrogens is 362 g/mol. The van der Waals surface area contributed by atoms with Crippen molar-refractivity contribution >= 4 is 29.0 Å². The summed E-state index contributed by atoms with van der Waals surface area (Å²) in [7, 11) is 0. The van der Waals surface area contributed by atoms with E-state index in [2.05, 4.69) is 20.3 Å². The Hall–Kier alpha value is -3.49. The number of fused-ring (bicyclic) bond motifs is 1. The van der Waals surface area contributed by atoms with Gasteiger partial charge >= 0.3 is 12.1 Å². The minimum Gasteiger partial charge on any atom is -0.459 e. The van der Waals surface area contributed by atoms with Crippen LogP contribution in [0, 0.1) is 0 Å². The molecule has 3 aromatic rings. The fraction of sp³-hybridized carbons (Fsp3) is 0.316. The number of esters is 1. The first-order valence-electron chi connectivity index (χ1n) is 8.67. The first-order chi connectivity index (χ1) is 13.3. The van der Waals surface area contributed by atoms with Crippen molar-refractivity contribution in [3.8, 4) is 0 Å². The summed E-state index contributed by atoms with van der Waals surface area (Å²) in [4.78, 5) is 36.5. The molecule has 3 rings (SSSR count). The van der Waals surface area contributed by atoms with Crippen LogP contribution in [0.1, 0.15) is 26.3 Å². The zero-order valence-electron chi connectivity index (χ0n) is 15.9. The Balaban J connectivity index is 1.68. The number of aromatic nitrogens is 4. The lowest BCUT2D eigenvalue weighted by atomic mass is 10.2. The summed E-state index contributed by atoms with van der Waals surface area (Å²) in [6, 6.07) is 9.32. The summed E-state index contributed by atoms with van der Waals surface area (Å²) < 4.78 is 12.0. The monoisotopic (exact) mass is 383 g/mol. The maximum absolute atomic E-state index is 12.1. The van der Waals surface area contributed by atoms with E-state index in [4.69, 9.17) is 9.47 Å². The van der Waals surface area contributed by atoms with Gasteiger partial charge in [0.1, 0.15) is 25.1 Å². The number of anilines is 1. The van der Waals surface area contributed by atoms with Gasteiger partial charge in [0.25, 0.3) is 0 Å². The van der Waals surface area contributed by atoms with Crippen molar-refractivity contribution in [2.45, 2.75) is 39.5 Å². The zero-order chi connectivity index (χ0) is 20.1. The molecule has 1 N–H and O–H groups in total. The summed E-state index contributed by atoms with van der Waals surface area (Å²) >= 11 is 0. The van der Waals surface area contributed by atoms with Gasteiger partial charge in [-0.05, 0) is 26.3 Å². The van der Waals surface area contributed by atoms with Crippen LogP contribution in [-0.2, 0) is 27.4 Å². The lowest BCUT2D eigenvalue weighted by Crippen LogP contribution is -2.26. The highest BCUT2D eigenvalue weighted by molar-refractivity contribution is 5.93. The number of amides is 1. The number of hydrogen-bond donors (Lipinski definition) is 1. The van der Waals surface area contributed by atoms with Crippen LogP contribution in [0.5, 0.6) is 0 Å². The molecule has 0 unspecified atom stereocenters. The minimum atomic E-state index is -0.662. The smallest absolute Gasteiger partial charge is 0.413 e. The van der Waals surface area contributed by atoms with Gasteiger partial charge < -0.3 is 14.0 Å². The van der Waals surface area contributed by atoms with Gasteiger partial charge in [-0.1, -0.05) is 30.3 Å². The van der Waals surface area contributed by atoms with E-state index in [1.165, 1.54) is 17.2 Å². The van der Waals surface area contributed by atoms with Crippen molar-refractivity contribution in [2.75, 3.05) is 5.32 Å². The van der Waals surface area contributed by atoms with E-state index in [0.29, 0.717) is 11.2 Å². The van der Waals surface area contributed by atoms with Crippen LogP contribution in [-0.4, -0.2) is 37.2 Å². The number of rotatable bonds is 5. The number of carbonyl (C=O) groups excluding carboxylic acids is 2. The number of hydrogen-bond acceptors (Lipinski definition) is 7. The van der Waals surface area contributed by atoms with Crippen molar-refractivity contribution in [2.24, 2.45) is 0 Å².